The molecule has 0 saturated heterocycles. The van der Waals surface area contributed by atoms with E-state index < -0.39 is 0 Å². The van der Waals surface area contributed by atoms with E-state index in [0.717, 1.165) is 6.54 Å². The zero-order chi connectivity index (χ0) is 18.7. The summed E-state index contributed by atoms with van der Waals surface area (Å²) in [6.45, 7) is 7.70. The lowest BCUT2D eigenvalue weighted by Crippen LogP contribution is -2.25. The Balaban J connectivity index is 2.06. The van der Waals surface area contributed by atoms with Crippen molar-refractivity contribution in [2.45, 2.75) is 32.7 Å². The molecule has 0 spiro atoms. The molecular formula is C24H29N2+. The van der Waals surface area contributed by atoms with Crippen LogP contribution in [0.1, 0.15) is 30.5 Å². The number of hydrogen-bond donors (Lipinski definition) is 0. The fraction of sp³-hybridized carbons (Fsp3) is 0.292. The molecule has 0 amide bonds. The Labute approximate surface area is 157 Å². The van der Waals surface area contributed by atoms with Crippen molar-refractivity contribution in [3.05, 3.63) is 89.1 Å². The highest BCUT2D eigenvalue weighted by atomic mass is 15.2. The lowest BCUT2D eigenvalue weighted by molar-refractivity contribution is -0.458. The lowest BCUT2D eigenvalue weighted by Gasteiger charge is -2.27. The van der Waals surface area contributed by atoms with Crippen molar-refractivity contribution in [2.24, 2.45) is 0 Å². The molecule has 1 aliphatic heterocycles. The first-order chi connectivity index (χ1) is 12.4. The molecule has 2 aromatic rings. The Bertz CT molecular complexity index is 866. The summed E-state index contributed by atoms with van der Waals surface area (Å²) in [5.74, 6) is 0. The summed E-state index contributed by atoms with van der Waals surface area (Å²) in [5.41, 5.74) is 6.68. The van der Waals surface area contributed by atoms with Gasteiger partial charge < -0.3 is 4.90 Å². The summed E-state index contributed by atoms with van der Waals surface area (Å²) < 4.78 is 2.05. The Hall–Kier alpha value is -2.61. The van der Waals surface area contributed by atoms with Gasteiger partial charge in [-0.2, -0.15) is 0 Å². The highest BCUT2D eigenvalue weighted by molar-refractivity contribution is 5.72. The van der Waals surface area contributed by atoms with E-state index in [1.165, 1.54) is 28.1 Å². The van der Waals surface area contributed by atoms with Crippen molar-refractivity contribution < 1.29 is 4.58 Å². The molecule has 2 nitrogen and oxygen atoms in total. The molecule has 1 heterocycles. The summed E-state index contributed by atoms with van der Waals surface area (Å²) in [6.07, 6.45) is 8.57. The molecule has 2 aromatic carbocycles. The number of allylic oxidation sites excluding steroid dienone is 4. The number of rotatable bonds is 4. The summed E-state index contributed by atoms with van der Waals surface area (Å²) in [6, 6.07) is 17.5. The third kappa shape index (κ3) is 3.65. The average molecular weight is 346 g/mol. The fourth-order valence-electron chi connectivity index (χ4n) is 3.60. The zero-order valence-electron chi connectivity index (χ0n) is 16.5. The van der Waals surface area contributed by atoms with Crippen LogP contribution in [-0.2, 0) is 12.0 Å². The van der Waals surface area contributed by atoms with Crippen LogP contribution in [0.15, 0.2) is 72.5 Å². The molecule has 0 unspecified atom stereocenters. The molecule has 134 valence electrons. The van der Waals surface area contributed by atoms with Gasteiger partial charge in [0.1, 0.15) is 14.1 Å². The van der Waals surface area contributed by atoms with Crippen LogP contribution in [0.3, 0.4) is 0 Å². The topological polar surface area (TPSA) is 6.25 Å². The van der Waals surface area contributed by atoms with Crippen molar-refractivity contribution in [1.29, 1.82) is 0 Å². The first kappa shape index (κ1) is 18.2. The van der Waals surface area contributed by atoms with Crippen molar-refractivity contribution >= 4 is 11.9 Å². The average Bonchev–Trinajstić information content (AvgIpc) is 2.79. The van der Waals surface area contributed by atoms with Gasteiger partial charge in [0.15, 0.2) is 6.21 Å². The van der Waals surface area contributed by atoms with E-state index in [1.807, 2.05) is 14.1 Å². The number of benzene rings is 2. The van der Waals surface area contributed by atoms with Gasteiger partial charge in [-0.15, -0.1) is 0 Å². The quantitative estimate of drug-likeness (QED) is 0.553. The van der Waals surface area contributed by atoms with Gasteiger partial charge in [-0.05, 0) is 35.8 Å². The largest absolute Gasteiger partial charge is 0.340 e. The molecule has 1 aliphatic rings. The maximum atomic E-state index is 2.47. The van der Waals surface area contributed by atoms with E-state index in [1.54, 1.807) is 0 Å². The summed E-state index contributed by atoms with van der Waals surface area (Å²) in [7, 11) is 4.08. The first-order valence-corrected chi connectivity index (χ1v) is 9.21. The van der Waals surface area contributed by atoms with Crippen molar-refractivity contribution in [3.63, 3.8) is 0 Å². The Morgan fingerprint density at radius 2 is 1.73 bits per heavy atom. The van der Waals surface area contributed by atoms with E-state index >= 15 is 0 Å². The second-order valence-electron chi connectivity index (χ2n) is 7.77. The monoisotopic (exact) mass is 345 g/mol. The molecule has 0 saturated carbocycles. The predicted octanol–water partition coefficient (Wildman–Crippen LogP) is 5.08. The third-order valence-electron chi connectivity index (χ3n) is 4.98. The number of nitrogens with zero attached hydrogens (tertiary/aromatic N) is 2. The van der Waals surface area contributed by atoms with Crippen LogP contribution in [0.25, 0.3) is 0 Å². The van der Waals surface area contributed by atoms with E-state index in [9.17, 15) is 0 Å². The van der Waals surface area contributed by atoms with Crippen LogP contribution in [-0.4, -0.2) is 24.9 Å². The van der Waals surface area contributed by atoms with Gasteiger partial charge in [0.05, 0.1) is 0 Å². The van der Waals surface area contributed by atoms with Gasteiger partial charge >= 0.3 is 0 Å². The first-order valence-electron chi connectivity index (χ1n) is 9.21. The minimum atomic E-state index is -0.0136. The van der Waals surface area contributed by atoms with Crippen LogP contribution in [0, 0.1) is 6.92 Å². The zero-order valence-corrected chi connectivity index (χ0v) is 16.5. The second kappa shape index (κ2) is 7.33. The van der Waals surface area contributed by atoms with Crippen molar-refractivity contribution in [3.8, 4) is 0 Å². The highest BCUT2D eigenvalue weighted by Crippen LogP contribution is 2.48. The standard InChI is InChI=1S/C24H29N2/c1-19-14-15-21-22(17-19)26(18-20-11-7-6-8-12-20)23(24(21,2)3)13-9-10-16-25(4)5/h6-17H,18H2,1-5H3/q+1. The molecule has 0 aromatic heterocycles. The SMILES string of the molecule is Cc1ccc2c(c1)N(Cc1ccccc1)C(=CC=CC=[N+](C)C)C2(C)C. The molecule has 0 radical (unpaired) electrons. The molecule has 0 N–H and O–H groups in total. The maximum Gasteiger partial charge on any atom is 0.162 e. The van der Waals surface area contributed by atoms with Crippen LogP contribution >= 0.6 is 0 Å². The number of aryl methyl sites for hydroxylation is 1. The minimum absolute atomic E-state index is 0.0136. The van der Waals surface area contributed by atoms with Gasteiger partial charge in [0, 0.05) is 29.4 Å². The Morgan fingerprint density at radius 1 is 1.00 bits per heavy atom. The van der Waals surface area contributed by atoms with Gasteiger partial charge in [-0.1, -0.05) is 62.4 Å². The van der Waals surface area contributed by atoms with Crippen LogP contribution in [0.5, 0.6) is 0 Å². The van der Waals surface area contributed by atoms with Crippen LogP contribution in [0.2, 0.25) is 0 Å². The number of fused-ring (bicyclic) bond motifs is 1. The van der Waals surface area contributed by atoms with E-state index in [2.05, 4.69) is 103 Å². The molecule has 2 heteroatoms. The summed E-state index contributed by atoms with van der Waals surface area (Å²) in [4.78, 5) is 2.47. The fourth-order valence-corrected chi connectivity index (χ4v) is 3.60. The Kier molecular flexibility index (Phi) is 5.13. The van der Waals surface area contributed by atoms with Crippen molar-refractivity contribution in [1.82, 2.24) is 0 Å². The van der Waals surface area contributed by atoms with Crippen molar-refractivity contribution in [2.75, 3.05) is 19.0 Å². The molecule has 3 rings (SSSR count). The van der Waals surface area contributed by atoms with Gasteiger partial charge in [0.2, 0.25) is 0 Å². The smallest absolute Gasteiger partial charge is 0.162 e. The molecule has 0 bridgehead atoms. The highest BCUT2D eigenvalue weighted by Gasteiger charge is 2.39. The molecule has 0 fully saturated rings. The van der Waals surface area contributed by atoms with E-state index in [4.69, 9.17) is 0 Å². The maximum absolute atomic E-state index is 2.47. The number of hydrogen-bond acceptors (Lipinski definition) is 1. The van der Waals surface area contributed by atoms with Crippen LogP contribution < -0.4 is 4.90 Å². The van der Waals surface area contributed by atoms with E-state index in [0.29, 0.717) is 0 Å². The molecule has 0 aliphatic carbocycles. The summed E-state index contributed by atoms with van der Waals surface area (Å²) >= 11 is 0. The second-order valence-corrected chi connectivity index (χ2v) is 7.77. The molecule has 26 heavy (non-hydrogen) atoms. The van der Waals surface area contributed by atoms with Gasteiger partial charge in [-0.3, -0.25) is 0 Å². The predicted molar refractivity (Wildman–Crippen MR) is 112 cm³/mol. The van der Waals surface area contributed by atoms with Gasteiger partial charge in [-0.25, -0.2) is 4.58 Å². The normalized spacial score (nSPS) is 17.0. The van der Waals surface area contributed by atoms with Crippen LogP contribution in [0.4, 0.5) is 5.69 Å². The number of anilines is 1. The lowest BCUT2D eigenvalue weighted by atomic mass is 9.83. The Morgan fingerprint density at radius 3 is 2.42 bits per heavy atom. The van der Waals surface area contributed by atoms with E-state index in [-0.39, 0.29) is 5.41 Å². The minimum Gasteiger partial charge on any atom is -0.340 e. The third-order valence-corrected chi connectivity index (χ3v) is 4.98. The van der Waals surface area contributed by atoms with Gasteiger partial charge in [0.25, 0.3) is 0 Å². The molecule has 0 atom stereocenters. The summed E-state index contributed by atoms with van der Waals surface area (Å²) in [5, 5.41) is 0. The molecular weight excluding hydrogens is 316 g/mol.